The van der Waals surface area contributed by atoms with Gasteiger partial charge in [0.2, 0.25) is 0 Å². The molecule has 1 unspecified atom stereocenters. The zero-order valence-corrected chi connectivity index (χ0v) is 10.8. The molecule has 0 spiro atoms. The second-order valence-electron chi connectivity index (χ2n) is 4.23. The van der Waals surface area contributed by atoms with Crippen LogP contribution in [0.25, 0.3) is 0 Å². The normalized spacial score (nSPS) is 12.7. The Morgan fingerprint density at radius 3 is 2.29 bits per heavy atom. The van der Waals surface area contributed by atoms with Crippen LogP contribution in [0.1, 0.15) is 37.9 Å². The molecule has 0 aliphatic carbocycles. The summed E-state index contributed by atoms with van der Waals surface area (Å²) in [5.41, 5.74) is 2.48. The van der Waals surface area contributed by atoms with Gasteiger partial charge in [0.05, 0.1) is 6.54 Å². The van der Waals surface area contributed by atoms with Gasteiger partial charge in [0.1, 0.15) is 0 Å². The average molecular weight is 235 g/mol. The van der Waals surface area contributed by atoms with E-state index in [2.05, 4.69) is 31.2 Å². The van der Waals surface area contributed by atoms with Gasteiger partial charge in [-0.15, -0.1) is 0 Å². The molecule has 0 aliphatic heterocycles. The summed E-state index contributed by atoms with van der Waals surface area (Å²) in [4.78, 5) is 12.7. The van der Waals surface area contributed by atoms with Crippen molar-refractivity contribution in [3.63, 3.8) is 0 Å². The summed E-state index contributed by atoms with van der Waals surface area (Å²) in [5, 5.41) is 8.85. The number of nitrogens with zero attached hydrogens (tertiary/aromatic N) is 1. The number of carboxylic acids is 1. The number of rotatable bonds is 6. The molecular weight excluding hydrogens is 214 g/mol. The highest BCUT2D eigenvalue weighted by Gasteiger charge is 2.16. The van der Waals surface area contributed by atoms with Gasteiger partial charge >= 0.3 is 5.97 Å². The third kappa shape index (κ3) is 3.86. The molecule has 1 rings (SSSR count). The van der Waals surface area contributed by atoms with Crippen molar-refractivity contribution in [3.05, 3.63) is 35.4 Å². The highest BCUT2D eigenvalue weighted by Crippen LogP contribution is 2.20. The van der Waals surface area contributed by atoms with Crippen molar-refractivity contribution in [3.8, 4) is 0 Å². The zero-order chi connectivity index (χ0) is 12.8. The zero-order valence-electron chi connectivity index (χ0n) is 10.8. The van der Waals surface area contributed by atoms with Gasteiger partial charge < -0.3 is 5.11 Å². The Hall–Kier alpha value is -1.35. The molecule has 94 valence electrons. The van der Waals surface area contributed by atoms with Crippen LogP contribution in [0.15, 0.2) is 24.3 Å². The standard InChI is InChI=1S/C14H21NO2/c1-4-12-6-8-13(9-7-12)11(3)15(5-2)10-14(16)17/h6-9,11H,4-5,10H2,1-3H3,(H,16,17). The summed E-state index contributed by atoms with van der Waals surface area (Å²) in [5.74, 6) is -0.774. The third-order valence-electron chi connectivity index (χ3n) is 3.16. The molecule has 0 heterocycles. The van der Waals surface area contributed by atoms with E-state index in [0.717, 1.165) is 13.0 Å². The lowest BCUT2D eigenvalue weighted by atomic mass is 10.0. The summed E-state index contributed by atoms with van der Waals surface area (Å²) >= 11 is 0. The van der Waals surface area contributed by atoms with Crippen LogP contribution >= 0.6 is 0 Å². The molecule has 3 heteroatoms. The minimum absolute atomic E-state index is 0.0905. The van der Waals surface area contributed by atoms with Gasteiger partial charge in [-0.25, -0.2) is 0 Å². The Balaban J connectivity index is 2.78. The van der Waals surface area contributed by atoms with E-state index in [9.17, 15) is 4.79 Å². The van der Waals surface area contributed by atoms with Crippen LogP contribution in [0.5, 0.6) is 0 Å². The molecule has 3 nitrogen and oxygen atoms in total. The number of benzene rings is 1. The van der Waals surface area contributed by atoms with Gasteiger partial charge in [-0.2, -0.15) is 0 Å². The molecular formula is C14H21NO2. The molecule has 0 aliphatic rings. The van der Waals surface area contributed by atoms with E-state index in [1.54, 1.807) is 0 Å². The number of aliphatic carboxylic acids is 1. The van der Waals surface area contributed by atoms with Crippen LogP contribution in [0.3, 0.4) is 0 Å². The molecule has 17 heavy (non-hydrogen) atoms. The predicted molar refractivity (Wildman–Crippen MR) is 69.1 cm³/mol. The molecule has 0 radical (unpaired) electrons. The molecule has 0 aromatic heterocycles. The molecule has 1 aromatic rings. The Kier molecular flexibility index (Phi) is 5.16. The maximum Gasteiger partial charge on any atom is 0.317 e. The van der Waals surface area contributed by atoms with Crippen LogP contribution in [0.4, 0.5) is 0 Å². The van der Waals surface area contributed by atoms with Crippen molar-refractivity contribution in [1.82, 2.24) is 4.90 Å². The fourth-order valence-electron chi connectivity index (χ4n) is 1.94. The first-order valence-electron chi connectivity index (χ1n) is 6.13. The van der Waals surface area contributed by atoms with Crippen molar-refractivity contribution >= 4 is 5.97 Å². The minimum Gasteiger partial charge on any atom is -0.480 e. The maximum atomic E-state index is 10.8. The van der Waals surface area contributed by atoms with E-state index in [0.29, 0.717) is 0 Å². The first kappa shape index (κ1) is 13.7. The average Bonchev–Trinajstić information content (AvgIpc) is 2.35. The summed E-state index contributed by atoms with van der Waals surface area (Å²) in [7, 11) is 0. The van der Waals surface area contributed by atoms with Gasteiger partial charge in [-0.3, -0.25) is 9.69 Å². The Morgan fingerprint density at radius 1 is 1.29 bits per heavy atom. The van der Waals surface area contributed by atoms with Crippen LogP contribution in [-0.4, -0.2) is 29.1 Å². The van der Waals surface area contributed by atoms with Gasteiger partial charge in [-0.1, -0.05) is 38.1 Å². The first-order chi connectivity index (χ1) is 8.08. The molecule has 1 atom stereocenters. The van der Waals surface area contributed by atoms with Crippen molar-refractivity contribution in [2.24, 2.45) is 0 Å². The van der Waals surface area contributed by atoms with Crippen LogP contribution in [0, 0.1) is 0 Å². The van der Waals surface area contributed by atoms with E-state index in [4.69, 9.17) is 5.11 Å². The number of hydrogen-bond acceptors (Lipinski definition) is 2. The fourth-order valence-corrected chi connectivity index (χ4v) is 1.94. The molecule has 0 fully saturated rings. The van der Waals surface area contributed by atoms with E-state index in [1.165, 1.54) is 11.1 Å². The number of likely N-dealkylation sites (N-methyl/N-ethyl adjacent to an activating group) is 1. The maximum absolute atomic E-state index is 10.8. The van der Waals surface area contributed by atoms with Crippen molar-refractivity contribution in [2.45, 2.75) is 33.2 Å². The summed E-state index contributed by atoms with van der Waals surface area (Å²) < 4.78 is 0. The monoisotopic (exact) mass is 235 g/mol. The largest absolute Gasteiger partial charge is 0.480 e. The number of hydrogen-bond donors (Lipinski definition) is 1. The summed E-state index contributed by atoms with van der Waals surface area (Å²) in [6.45, 7) is 6.99. The fraction of sp³-hybridized carbons (Fsp3) is 0.500. The Labute approximate surface area is 103 Å². The van der Waals surface area contributed by atoms with E-state index in [1.807, 2.05) is 18.7 Å². The summed E-state index contributed by atoms with van der Waals surface area (Å²) in [6.07, 6.45) is 1.03. The Bertz CT molecular complexity index is 359. The minimum atomic E-state index is -0.774. The Morgan fingerprint density at radius 2 is 1.88 bits per heavy atom. The second-order valence-corrected chi connectivity index (χ2v) is 4.23. The van der Waals surface area contributed by atoms with E-state index >= 15 is 0 Å². The molecule has 0 bridgehead atoms. The lowest BCUT2D eigenvalue weighted by Crippen LogP contribution is -2.32. The topological polar surface area (TPSA) is 40.5 Å². The molecule has 1 aromatic carbocycles. The smallest absolute Gasteiger partial charge is 0.317 e. The number of aryl methyl sites for hydroxylation is 1. The number of carbonyl (C=O) groups is 1. The lowest BCUT2D eigenvalue weighted by Gasteiger charge is -2.26. The van der Waals surface area contributed by atoms with Gasteiger partial charge in [0.15, 0.2) is 0 Å². The van der Waals surface area contributed by atoms with E-state index in [-0.39, 0.29) is 12.6 Å². The predicted octanol–water partition coefficient (Wildman–Crippen LogP) is 2.72. The molecule has 0 amide bonds. The van der Waals surface area contributed by atoms with Crippen LogP contribution in [-0.2, 0) is 11.2 Å². The van der Waals surface area contributed by atoms with Gasteiger partial charge in [0.25, 0.3) is 0 Å². The van der Waals surface area contributed by atoms with Crippen LogP contribution < -0.4 is 0 Å². The second kappa shape index (κ2) is 6.40. The lowest BCUT2D eigenvalue weighted by molar-refractivity contribution is -0.138. The first-order valence-corrected chi connectivity index (χ1v) is 6.13. The van der Waals surface area contributed by atoms with Gasteiger partial charge in [0, 0.05) is 6.04 Å². The SMILES string of the molecule is CCc1ccc(C(C)N(CC)CC(=O)O)cc1. The van der Waals surface area contributed by atoms with Crippen molar-refractivity contribution in [2.75, 3.05) is 13.1 Å². The number of carboxylic acid groups (broad SMARTS) is 1. The van der Waals surface area contributed by atoms with Crippen molar-refractivity contribution in [1.29, 1.82) is 0 Å². The molecule has 0 saturated heterocycles. The van der Waals surface area contributed by atoms with Gasteiger partial charge in [-0.05, 0) is 31.0 Å². The molecule has 1 N–H and O–H groups in total. The van der Waals surface area contributed by atoms with E-state index < -0.39 is 5.97 Å². The van der Waals surface area contributed by atoms with Crippen molar-refractivity contribution < 1.29 is 9.90 Å². The highest BCUT2D eigenvalue weighted by atomic mass is 16.4. The van der Waals surface area contributed by atoms with Crippen LogP contribution in [0.2, 0.25) is 0 Å². The summed E-state index contributed by atoms with van der Waals surface area (Å²) in [6, 6.07) is 8.55. The quantitative estimate of drug-likeness (QED) is 0.824. The highest BCUT2D eigenvalue weighted by molar-refractivity contribution is 5.69. The third-order valence-corrected chi connectivity index (χ3v) is 3.16. The molecule has 0 saturated carbocycles.